The molecule has 3 aromatic rings. The molecule has 9 heteroatoms. The van der Waals surface area contributed by atoms with Crippen LogP contribution in [0.15, 0.2) is 60.0 Å². The zero-order chi connectivity index (χ0) is 27.8. The molecular formula is C30H38N4O4S. The SMILES string of the molecule is CNC(=O)C(Cc1ccccc1)N(C)C(=O)C(Cc1csc2ccccc12)N(C)C(=O)COCC1CCCN1. The van der Waals surface area contributed by atoms with Crippen molar-refractivity contribution in [2.24, 2.45) is 0 Å². The second-order valence-electron chi connectivity index (χ2n) is 10.1. The number of hydrogen-bond acceptors (Lipinski definition) is 6. The molecule has 39 heavy (non-hydrogen) atoms. The lowest BCUT2D eigenvalue weighted by Gasteiger charge is -2.34. The number of fused-ring (bicyclic) bond motifs is 1. The molecule has 0 aliphatic carbocycles. The molecule has 1 aromatic heterocycles. The molecule has 0 bridgehead atoms. The third-order valence-corrected chi connectivity index (χ3v) is 8.48. The van der Waals surface area contributed by atoms with Gasteiger partial charge in [-0.05, 0) is 47.3 Å². The number of likely N-dealkylation sites (N-methyl/N-ethyl adjacent to an activating group) is 3. The number of nitrogens with one attached hydrogen (secondary N) is 2. The topological polar surface area (TPSA) is 91.0 Å². The van der Waals surface area contributed by atoms with E-state index in [1.54, 1.807) is 32.5 Å². The van der Waals surface area contributed by atoms with Crippen LogP contribution in [0.25, 0.3) is 10.1 Å². The van der Waals surface area contributed by atoms with Crippen molar-refractivity contribution in [1.82, 2.24) is 20.4 Å². The minimum atomic E-state index is -0.795. The monoisotopic (exact) mass is 550 g/mol. The zero-order valence-corrected chi connectivity index (χ0v) is 23.7. The summed E-state index contributed by atoms with van der Waals surface area (Å²) < 4.78 is 6.86. The molecule has 2 heterocycles. The summed E-state index contributed by atoms with van der Waals surface area (Å²) in [4.78, 5) is 43.3. The first-order valence-electron chi connectivity index (χ1n) is 13.4. The molecule has 1 aliphatic heterocycles. The van der Waals surface area contributed by atoms with Gasteiger partial charge in [0.2, 0.25) is 17.7 Å². The highest BCUT2D eigenvalue weighted by Gasteiger charge is 2.35. The van der Waals surface area contributed by atoms with Crippen LogP contribution in [0.4, 0.5) is 0 Å². The number of carbonyl (C=O) groups is 3. The van der Waals surface area contributed by atoms with Gasteiger partial charge >= 0.3 is 0 Å². The second-order valence-corrected chi connectivity index (χ2v) is 11.0. The molecule has 0 spiro atoms. The van der Waals surface area contributed by atoms with E-state index in [9.17, 15) is 14.4 Å². The van der Waals surface area contributed by atoms with Crippen LogP contribution >= 0.6 is 11.3 Å². The Morgan fingerprint density at radius 3 is 2.49 bits per heavy atom. The molecule has 1 saturated heterocycles. The third kappa shape index (κ3) is 7.23. The predicted octanol–water partition coefficient (Wildman–Crippen LogP) is 2.86. The lowest BCUT2D eigenvalue weighted by Crippen LogP contribution is -2.56. The highest BCUT2D eigenvalue weighted by molar-refractivity contribution is 7.17. The molecule has 208 valence electrons. The Morgan fingerprint density at radius 1 is 1.03 bits per heavy atom. The molecule has 3 unspecified atom stereocenters. The normalized spacial score (nSPS) is 16.5. The van der Waals surface area contributed by atoms with Gasteiger partial charge in [-0.15, -0.1) is 11.3 Å². The standard InChI is InChI=1S/C30H38N4O4S/c1-31-29(36)25(16-21-10-5-4-6-11-21)34(3)30(37)26(17-22-20-39-27-14-8-7-13-24(22)27)33(2)28(35)19-38-18-23-12-9-15-32-23/h4-8,10-11,13-14,20,23,25-26,32H,9,12,15-19H2,1-3H3,(H,31,36). The second kappa shape index (κ2) is 13.7. The fourth-order valence-corrected chi connectivity index (χ4v) is 6.03. The molecule has 8 nitrogen and oxygen atoms in total. The first-order valence-corrected chi connectivity index (χ1v) is 14.3. The molecular weight excluding hydrogens is 512 g/mol. The Kier molecular flexibility index (Phi) is 10.1. The fourth-order valence-electron chi connectivity index (χ4n) is 5.05. The van der Waals surface area contributed by atoms with E-state index in [1.165, 1.54) is 9.80 Å². The number of rotatable bonds is 12. The van der Waals surface area contributed by atoms with Crippen LogP contribution in [0.2, 0.25) is 0 Å². The number of hydrogen-bond donors (Lipinski definition) is 2. The molecule has 4 rings (SSSR count). The van der Waals surface area contributed by atoms with Gasteiger partial charge in [0.1, 0.15) is 18.7 Å². The predicted molar refractivity (Wildman–Crippen MR) is 155 cm³/mol. The lowest BCUT2D eigenvalue weighted by atomic mass is 10.00. The number of amides is 3. The Hall–Kier alpha value is -3.27. The van der Waals surface area contributed by atoms with Gasteiger partial charge in [0.15, 0.2) is 0 Å². The summed E-state index contributed by atoms with van der Waals surface area (Å²) >= 11 is 1.62. The number of carbonyl (C=O) groups excluding carboxylic acids is 3. The number of thiophene rings is 1. The molecule has 1 fully saturated rings. The van der Waals surface area contributed by atoms with Crippen molar-refractivity contribution in [3.8, 4) is 0 Å². The molecule has 2 N–H and O–H groups in total. The average Bonchev–Trinajstić information content (AvgIpc) is 3.64. The molecule has 1 aliphatic rings. The van der Waals surface area contributed by atoms with Crippen LogP contribution in [0.3, 0.4) is 0 Å². The van der Waals surface area contributed by atoms with Crippen molar-refractivity contribution in [3.63, 3.8) is 0 Å². The summed E-state index contributed by atoms with van der Waals surface area (Å²) in [5.74, 6) is -0.808. The van der Waals surface area contributed by atoms with E-state index in [-0.39, 0.29) is 30.4 Å². The van der Waals surface area contributed by atoms with Gasteiger partial charge in [0.25, 0.3) is 0 Å². The van der Waals surface area contributed by atoms with E-state index < -0.39 is 12.1 Å². The van der Waals surface area contributed by atoms with Crippen LogP contribution < -0.4 is 10.6 Å². The van der Waals surface area contributed by atoms with Crippen LogP contribution in [0, 0.1) is 0 Å². The van der Waals surface area contributed by atoms with Gasteiger partial charge in [-0.2, -0.15) is 0 Å². The summed E-state index contributed by atoms with van der Waals surface area (Å²) in [7, 11) is 4.86. The van der Waals surface area contributed by atoms with Crippen LogP contribution in [-0.4, -0.2) is 86.5 Å². The Labute approximate surface area is 234 Å². The van der Waals surface area contributed by atoms with E-state index in [1.807, 2.05) is 60.0 Å². The Bertz CT molecular complexity index is 1260. The van der Waals surface area contributed by atoms with Crippen molar-refractivity contribution in [2.75, 3.05) is 40.9 Å². The molecule has 0 radical (unpaired) electrons. The summed E-state index contributed by atoms with van der Waals surface area (Å²) in [5.41, 5.74) is 1.95. The van der Waals surface area contributed by atoms with E-state index in [0.717, 1.165) is 40.6 Å². The van der Waals surface area contributed by atoms with Gasteiger partial charge < -0.3 is 25.2 Å². The fraction of sp³-hybridized carbons (Fsp3) is 0.433. The quantitative estimate of drug-likeness (QED) is 0.362. The average molecular weight is 551 g/mol. The Balaban J connectivity index is 1.56. The van der Waals surface area contributed by atoms with Crippen LogP contribution in [0.5, 0.6) is 0 Å². The van der Waals surface area contributed by atoms with E-state index in [0.29, 0.717) is 19.4 Å². The van der Waals surface area contributed by atoms with E-state index in [2.05, 4.69) is 10.6 Å². The molecule has 2 aromatic carbocycles. The van der Waals surface area contributed by atoms with Crippen molar-refractivity contribution in [1.29, 1.82) is 0 Å². The van der Waals surface area contributed by atoms with Gasteiger partial charge in [0.05, 0.1) is 6.61 Å². The number of benzene rings is 2. The van der Waals surface area contributed by atoms with Crippen molar-refractivity contribution in [2.45, 2.75) is 43.8 Å². The van der Waals surface area contributed by atoms with Gasteiger partial charge in [-0.3, -0.25) is 14.4 Å². The summed E-state index contributed by atoms with van der Waals surface area (Å²) in [5, 5.41) is 9.18. The molecule has 0 saturated carbocycles. The molecule has 3 amide bonds. The maximum absolute atomic E-state index is 14.1. The summed E-state index contributed by atoms with van der Waals surface area (Å²) in [6.07, 6.45) is 2.84. The minimum Gasteiger partial charge on any atom is -0.370 e. The lowest BCUT2D eigenvalue weighted by molar-refractivity contribution is -0.149. The van der Waals surface area contributed by atoms with Gasteiger partial charge in [-0.25, -0.2) is 0 Å². The van der Waals surface area contributed by atoms with E-state index in [4.69, 9.17) is 4.74 Å². The zero-order valence-electron chi connectivity index (χ0n) is 22.9. The first-order chi connectivity index (χ1) is 18.9. The highest BCUT2D eigenvalue weighted by atomic mass is 32.1. The van der Waals surface area contributed by atoms with E-state index >= 15 is 0 Å². The van der Waals surface area contributed by atoms with Gasteiger partial charge in [0, 0.05) is 44.7 Å². The maximum atomic E-state index is 14.1. The van der Waals surface area contributed by atoms with Crippen molar-refractivity contribution in [3.05, 3.63) is 71.1 Å². The van der Waals surface area contributed by atoms with Crippen molar-refractivity contribution >= 4 is 39.1 Å². The highest BCUT2D eigenvalue weighted by Crippen LogP contribution is 2.28. The minimum absolute atomic E-state index is 0.102. The maximum Gasteiger partial charge on any atom is 0.249 e. The Morgan fingerprint density at radius 2 is 1.77 bits per heavy atom. The van der Waals surface area contributed by atoms with Crippen molar-refractivity contribution < 1.29 is 19.1 Å². The first kappa shape index (κ1) is 28.7. The smallest absolute Gasteiger partial charge is 0.249 e. The number of ether oxygens (including phenoxy) is 1. The third-order valence-electron chi connectivity index (χ3n) is 7.46. The number of nitrogens with zero attached hydrogens (tertiary/aromatic N) is 2. The summed E-state index contributed by atoms with van der Waals surface area (Å²) in [6.45, 7) is 1.33. The van der Waals surface area contributed by atoms with Crippen LogP contribution in [0.1, 0.15) is 24.0 Å². The van der Waals surface area contributed by atoms with Crippen LogP contribution in [-0.2, 0) is 32.0 Å². The summed E-state index contributed by atoms with van der Waals surface area (Å²) in [6, 6.07) is 16.4. The molecule has 3 atom stereocenters. The largest absolute Gasteiger partial charge is 0.370 e. The van der Waals surface area contributed by atoms with Gasteiger partial charge in [-0.1, -0.05) is 48.5 Å².